The van der Waals surface area contributed by atoms with Crippen LogP contribution in [0, 0.1) is 6.92 Å². The fourth-order valence-electron chi connectivity index (χ4n) is 2.54. The fourth-order valence-corrected chi connectivity index (χ4v) is 2.54. The van der Waals surface area contributed by atoms with E-state index in [1.807, 2.05) is 6.92 Å². The maximum absolute atomic E-state index is 12.5. The maximum Gasteiger partial charge on any atom is 0.276 e. The van der Waals surface area contributed by atoms with Crippen molar-refractivity contribution < 1.29 is 14.1 Å². The molecule has 0 aromatic carbocycles. The van der Waals surface area contributed by atoms with Crippen molar-refractivity contribution in [3.63, 3.8) is 0 Å². The van der Waals surface area contributed by atoms with E-state index in [0.29, 0.717) is 25.4 Å². The molecule has 22 heavy (non-hydrogen) atoms. The molecule has 3 heterocycles. The molecule has 0 bridgehead atoms. The number of rotatable bonds is 4. The van der Waals surface area contributed by atoms with Gasteiger partial charge < -0.3 is 19.1 Å². The molecule has 2 aromatic rings. The Bertz CT molecular complexity index is 649. The van der Waals surface area contributed by atoms with Gasteiger partial charge >= 0.3 is 0 Å². The molecule has 7 nitrogen and oxygen atoms in total. The van der Waals surface area contributed by atoms with E-state index in [-0.39, 0.29) is 12.0 Å². The summed E-state index contributed by atoms with van der Waals surface area (Å²) in [6.07, 6.45) is 3.28. The van der Waals surface area contributed by atoms with Gasteiger partial charge in [-0.1, -0.05) is 12.1 Å². The van der Waals surface area contributed by atoms with E-state index in [1.165, 1.54) is 0 Å². The van der Waals surface area contributed by atoms with Crippen molar-refractivity contribution in [3.8, 4) is 0 Å². The number of nitrogens with zero attached hydrogens (tertiary/aromatic N) is 3. The second-order valence-corrected chi connectivity index (χ2v) is 5.49. The molecule has 1 aliphatic heterocycles. The third kappa shape index (κ3) is 3.04. The molecule has 1 N–H and O–H groups in total. The van der Waals surface area contributed by atoms with Crippen molar-refractivity contribution in [2.75, 3.05) is 19.7 Å². The lowest BCUT2D eigenvalue weighted by Crippen LogP contribution is -2.42. The molecule has 0 saturated carbocycles. The fraction of sp³-hybridized carbons (Fsp3) is 0.533. The van der Waals surface area contributed by atoms with Crippen molar-refractivity contribution in [1.29, 1.82) is 0 Å². The van der Waals surface area contributed by atoms with E-state index in [0.717, 1.165) is 30.1 Å². The standard InChI is InChI=1S/C15H20N4O3/c1-3-4-11-7-12(18-22-11)15(20)19-5-6-21-13(9-19)14-16-8-10(2)17-14/h7-8,13H,3-6,9H2,1-2H3,(H,16,17)/t13-/m0/s1. The number of aromatic nitrogens is 3. The number of hydrogen-bond donors (Lipinski definition) is 1. The molecule has 1 aliphatic rings. The summed E-state index contributed by atoms with van der Waals surface area (Å²) in [6.45, 7) is 5.48. The number of amides is 1. The van der Waals surface area contributed by atoms with Gasteiger partial charge in [-0.15, -0.1) is 0 Å². The Morgan fingerprint density at radius 1 is 1.55 bits per heavy atom. The maximum atomic E-state index is 12.5. The number of nitrogens with one attached hydrogen (secondary N) is 1. The number of aryl methyl sites for hydroxylation is 2. The van der Waals surface area contributed by atoms with Crippen LogP contribution in [0.2, 0.25) is 0 Å². The van der Waals surface area contributed by atoms with Crippen LogP contribution in [-0.2, 0) is 11.2 Å². The summed E-state index contributed by atoms with van der Waals surface area (Å²) in [6, 6.07) is 1.73. The molecule has 1 amide bonds. The number of ether oxygens (including phenoxy) is 1. The minimum Gasteiger partial charge on any atom is -0.367 e. The topological polar surface area (TPSA) is 84.3 Å². The molecule has 2 aromatic heterocycles. The number of H-pyrrole nitrogens is 1. The highest BCUT2D eigenvalue weighted by molar-refractivity contribution is 5.92. The van der Waals surface area contributed by atoms with Crippen molar-refractivity contribution >= 4 is 5.91 Å². The highest BCUT2D eigenvalue weighted by atomic mass is 16.5. The summed E-state index contributed by atoms with van der Waals surface area (Å²) in [5.74, 6) is 1.38. The van der Waals surface area contributed by atoms with Crippen LogP contribution >= 0.6 is 0 Å². The largest absolute Gasteiger partial charge is 0.367 e. The Morgan fingerprint density at radius 2 is 2.41 bits per heavy atom. The number of morpholine rings is 1. The molecule has 118 valence electrons. The minimum absolute atomic E-state index is 0.123. The minimum atomic E-state index is -0.228. The van der Waals surface area contributed by atoms with Crippen LogP contribution in [0.5, 0.6) is 0 Å². The Morgan fingerprint density at radius 3 is 3.14 bits per heavy atom. The van der Waals surface area contributed by atoms with E-state index in [4.69, 9.17) is 9.26 Å². The molecule has 0 radical (unpaired) electrons. The van der Waals surface area contributed by atoms with E-state index in [2.05, 4.69) is 22.0 Å². The summed E-state index contributed by atoms with van der Waals surface area (Å²) < 4.78 is 10.9. The van der Waals surface area contributed by atoms with E-state index in [1.54, 1.807) is 17.2 Å². The van der Waals surface area contributed by atoms with Crippen LogP contribution < -0.4 is 0 Å². The third-order valence-electron chi connectivity index (χ3n) is 3.66. The number of hydrogen-bond acceptors (Lipinski definition) is 5. The van der Waals surface area contributed by atoms with Gasteiger partial charge in [0.15, 0.2) is 5.69 Å². The van der Waals surface area contributed by atoms with Crippen LogP contribution in [0.15, 0.2) is 16.8 Å². The molecule has 0 unspecified atom stereocenters. The van der Waals surface area contributed by atoms with Gasteiger partial charge in [-0.2, -0.15) is 0 Å². The molecular weight excluding hydrogens is 284 g/mol. The summed E-state index contributed by atoms with van der Waals surface area (Å²) in [5.41, 5.74) is 1.34. The first kappa shape index (κ1) is 14.8. The zero-order valence-corrected chi connectivity index (χ0v) is 12.8. The van der Waals surface area contributed by atoms with Crippen LogP contribution in [0.3, 0.4) is 0 Å². The van der Waals surface area contributed by atoms with E-state index in [9.17, 15) is 4.79 Å². The van der Waals surface area contributed by atoms with Gasteiger partial charge in [-0.25, -0.2) is 4.98 Å². The first-order chi connectivity index (χ1) is 10.7. The zero-order chi connectivity index (χ0) is 15.5. The predicted molar refractivity (Wildman–Crippen MR) is 78.4 cm³/mol. The Kier molecular flexibility index (Phi) is 4.24. The predicted octanol–water partition coefficient (Wildman–Crippen LogP) is 1.87. The van der Waals surface area contributed by atoms with Gasteiger partial charge in [0.05, 0.1) is 13.2 Å². The molecule has 1 fully saturated rings. The van der Waals surface area contributed by atoms with Gasteiger partial charge in [0, 0.05) is 30.9 Å². The second-order valence-electron chi connectivity index (χ2n) is 5.49. The molecule has 3 rings (SSSR count). The number of carbonyl (C=O) groups is 1. The lowest BCUT2D eigenvalue weighted by molar-refractivity contribution is -0.0267. The molecule has 7 heteroatoms. The van der Waals surface area contributed by atoms with Gasteiger partial charge in [-0.3, -0.25) is 4.79 Å². The normalized spacial score (nSPS) is 18.6. The van der Waals surface area contributed by atoms with Gasteiger partial charge in [0.2, 0.25) is 0 Å². The van der Waals surface area contributed by atoms with Crippen LogP contribution in [0.1, 0.15) is 47.2 Å². The quantitative estimate of drug-likeness (QED) is 0.932. The lowest BCUT2D eigenvalue weighted by atomic mass is 10.2. The van der Waals surface area contributed by atoms with Crippen molar-refractivity contribution in [2.24, 2.45) is 0 Å². The van der Waals surface area contributed by atoms with Gasteiger partial charge in [0.25, 0.3) is 5.91 Å². The SMILES string of the molecule is CCCc1cc(C(=O)N2CCO[C@H](c3ncc(C)[nH]3)C2)no1. The summed E-state index contributed by atoms with van der Waals surface area (Å²) in [4.78, 5) is 21.7. The molecule has 1 atom stereocenters. The first-order valence-electron chi connectivity index (χ1n) is 7.55. The highest BCUT2D eigenvalue weighted by Gasteiger charge is 2.29. The Balaban J connectivity index is 1.69. The second kappa shape index (κ2) is 6.31. The number of aromatic amines is 1. The third-order valence-corrected chi connectivity index (χ3v) is 3.66. The molecular formula is C15H20N4O3. The van der Waals surface area contributed by atoms with E-state index >= 15 is 0 Å². The van der Waals surface area contributed by atoms with Crippen LogP contribution in [-0.4, -0.2) is 45.6 Å². The van der Waals surface area contributed by atoms with Crippen molar-refractivity contribution in [2.45, 2.75) is 32.8 Å². The number of imidazole rings is 1. The lowest BCUT2D eigenvalue weighted by Gasteiger charge is -2.31. The molecule has 1 saturated heterocycles. The molecule has 0 aliphatic carbocycles. The average molecular weight is 304 g/mol. The van der Waals surface area contributed by atoms with Gasteiger partial charge in [0.1, 0.15) is 17.7 Å². The highest BCUT2D eigenvalue weighted by Crippen LogP contribution is 2.21. The Hall–Kier alpha value is -2.15. The average Bonchev–Trinajstić information content (AvgIpc) is 3.16. The summed E-state index contributed by atoms with van der Waals surface area (Å²) in [7, 11) is 0. The smallest absolute Gasteiger partial charge is 0.276 e. The molecule has 0 spiro atoms. The van der Waals surface area contributed by atoms with Gasteiger partial charge in [-0.05, 0) is 13.3 Å². The first-order valence-corrected chi connectivity index (χ1v) is 7.55. The van der Waals surface area contributed by atoms with Crippen LogP contribution in [0.4, 0.5) is 0 Å². The van der Waals surface area contributed by atoms with Crippen molar-refractivity contribution in [3.05, 3.63) is 35.2 Å². The van der Waals surface area contributed by atoms with E-state index < -0.39 is 0 Å². The summed E-state index contributed by atoms with van der Waals surface area (Å²) in [5, 5.41) is 3.88. The summed E-state index contributed by atoms with van der Waals surface area (Å²) >= 11 is 0. The van der Waals surface area contributed by atoms with Crippen molar-refractivity contribution in [1.82, 2.24) is 20.0 Å². The van der Waals surface area contributed by atoms with Crippen LogP contribution in [0.25, 0.3) is 0 Å². The zero-order valence-electron chi connectivity index (χ0n) is 12.8. The Labute approximate surface area is 128 Å². The monoisotopic (exact) mass is 304 g/mol. The number of carbonyl (C=O) groups excluding carboxylic acids is 1.